The van der Waals surface area contributed by atoms with Crippen molar-refractivity contribution in [1.82, 2.24) is 14.9 Å². The normalized spacial score (nSPS) is 22.6. The fraction of sp³-hybridized carbons (Fsp3) is 0.421. The second kappa shape index (κ2) is 7.72. The lowest BCUT2D eigenvalue weighted by Gasteiger charge is -2.35. The molecule has 0 aliphatic carbocycles. The first-order chi connectivity index (χ1) is 12.7. The molecule has 2 aliphatic heterocycles. The number of ether oxygens (including phenoxy) is 2. The van der Waals surface area contributed by atoms with Gasteiger partial charge in [0.15, 0.2) is 0 Å². The molecule has 2 unspecified atom stereocenters. The summed E-state index contributed by atoms with van der Waals surface area (Å²) in [4.78, 5) is 23.1. The average molecular weight is 418 g/mol. The van der Waals surface area contributed by atoms with Crippen LogP contribution < -0.4 is 4.74 Å². The van der Waals surface area contributed by atoms with Gasteiger partial charge < -0.3 is 14.4 Å². The standard InChI is InChI=1S/C19H20BrN3O3/c20-15-9-21-19(22-10-15)26-16-6-3-7-23(11-16)18(24)17-8-13-4-1-2-5-14(13)12-25-17/h1-2,4-5,9-10,16-17H,3,6-8,11-12H2. The summed E-state index contributed by atoms with van der Waals surface area (Å²) < 4.78 is 12.5. The highest BCUT2D eigenvalue weighted by molar-refractivity contribution is 9.10. The Balaban J connectivity index is 1.38. The van der Waals surface area contributed by atoms with Crippen LogP contribution in [0.25, 0.3) is 0 Å². The van der Waals surface area contributed by atoms with Crippen molar-refractivity contribution in [3.8, 4) is 6.01 Å². The predicted molar refractivity (Wildman–Crippen MR) is 98.7 cm³/mol. The van der Waals surface area contributed by atoms with Gasteiger partial charge in [0, 0.05) is 25.4 Å². The number of benzene rings is 1. The minimum atomic E-state index is -0.410. The summed E-state index contributed by atoms with van der Waals surface area (Å²) in [5.74, 6) is 0.0459. The molecule has 26 heavy (non-hydrogen) atoms. The van der Waals surface area contributed by atoms with E-state index in [2.05, 4.69) is 38.0 Å². The Bertz CT molecular complexity index is 784. The molecule has 7 heteroatoms. The van der Waals surface area contributed by atoms with Crippen LogP contribution >= 0.6 is 15.9 Å². The molecule has 0 radical (unpaired) electrons. The van der Waals surface area contributed by atoms with Crippen LogP contribution in [0, 0.1) is 0 Å². The molecule has 2 atom stereocenters. The summed E-state index contributed by atoms with van der Waals surface area (Å²) in [7, 11) is 0. The minimum Gasteiger partial charge on any atom is -0.458 e. The third-order valence-corrected chi connectivity index (χ3v) is 5.21. The van der Waals surface area contributed by atoms with Gasteiger partial charge in [-0.05, 0) is 39.9 Å². The number of aromatic nitrogens is 2. The summed E-state index contributed by atoms with van der Waals surface area (Å²) in [6.45, 7) is 1.77. The quantitative estimate of drug-likeness (QED) is 0.767. The first-order valence-electron chi connectivity index (χ1n) is 8.80. The molecule has 0 N–H and O–H groups in total. The lowest BCUT2D eigenvalue weighted by Crippen LogP contribution is -2.50. The van der Waals surface area contributed by atoms with E-state index in [-0.39, 0.29) is 12.0 Å². The van der Waals surface area contributed by atoms with Crippen LogP contribution in [0.2, 0.25) is 0 Å². The smallest absolute Gasteiger partial charge is 0.316 e. The molecule has 4 rings (SSSR count). The first kappa shape index (κ1) is 17.4. The Labute approximate surface area is 160 Å². The first-order valence-corrected chi connectivity index (χ1v) is 9.60. The highest BCUT2D eigenvalue weighted by Gasteiger charge is 2.32. The van der Waals surface area contributed by atoms with Crippen molar-refractivity contribution in [3.05, 3.63) is 52.3 Å². The van der Waals surface area contributed by atoms with Crippen molar-refractivity contribution in [1.29, 1.82) is 0 Å². The van der Waals surface area contributed by atoms with Crippen molar-refractivity contribution in [2.24, 2.45) is 0 Å². The molecule has 1 aromatic carbocycles. The molecule has 1 fully saturated rings. The number of halogens is 1. The number of carbonyl (C=O) groups is 1. The molecular formula is C19H20BrN3O3. The summed E-state index contributed by atoms with van der Waals surface area (Å²) in [6, 6.07) is 8.48. The molecule has 0 saturated carbocycles. The van der Waals surface area contributed by atoms with Crippen LogP contribution in [-0.2, 0) is 22.6 Å². The molecule has 3 heterocycles. The van der Waals surface area contributed by atoms with Gasteiger partial charge in [0.1, 0.15) is 12.2 Å². The van der Waals surface area contributed by atoms with Crippen LogP contribution in [0.5, 0.6) is 6.01 Å². The zero-order chi connectivity index (χ0) is 17.9. The van der Waals surface area contributed by atoms with E-state index in [1.807, 2.05) is 17.0 Å². The van der Waals surface area contributed by atoms with E-state index < -0.39 is 6.10 Å². The molecule has 1 amide bonds. The van der Waals surface area contributed by atoms with Gasteiger partial charge in [0.25, 0.3) is 5.91 Å². The lowest BCUT2D eigenvalue weighted by molar-refractivity contribution is -0.148. The second-order valence-electron chi connectivity index (χ2n) is 6.62. The maximum atomic E-state index is 12.9. The summed E-state index contributed by atoms with van der Waals surface area (Å²) in [6.07, 6.45) is 5.22. The molecule has 1 saturated heterocycles. The van der Waals surface area contributed by atoms with Crippen LogP contribution in [0.3, 0.4) is 0 Å². The van der Waals surface area contributed by atoms with Crippen LogP contribution in [0.15, 0.2) is 41.1 Å². The largest absolute Gasteiger partial charge is 0.458 e. The van der Waals surface area contributed by atoms with Gasteiger partial charge in [-0.25, -0.2) is 9.97 Å². The van der Waals surface area contributed by atoms with Crippen LogP contribution in [0.4, 0.5) is 0 Å². The van der Waals surface area contributed by atoms with Crippen molar-refractivity contribution in [2.75, 3.05) is 13.1 Å². The number of amides is 1. The summed E-state index contributed by atoms with van der Waals surface area (Å²) in [5.41, 5.74) is 2.37. The Morgan fingerprint density at radius 2 is 2.00 bits per heavy atom. The van der Waals surface area contributed by atoms with Crippen molar-refractivity contribution >= 4 is 21.8 Å². The van der Waals surface area contributed by atoms with E-state index in [0.717, 1.165) is 23.9 Å². The predicted octanol–water partition coefficient (Wildman–Crippen LogP) is 2.75. The fourth-order valence-corrected chi connectivity index (χ4v) is 3.66. The van der Waals surface area contributed by atoms with Gasteiger partial charge in [-0.2, -0.15) is 0 Å². The number of likely N-dealkylation sites (tertiary alicyclic amines) is 1. The molecule has 6 nitrogen and oxygen atoms in total. The van der Waals surface area contributed by atoms with E-state index in [0.29, 0.717) is 25.6 Å². The van der Waals surface area contributed by atoms with Crippen LogP contribution in [0.1, 0.15) is 24.0 Å². The van der Waals surface area contributed by atoms with E-state index >= 15 is 0 Å². The number of piperidine rings is 1. The molecule has 2 aromatic rings. The third-order valence-electron chi connectivity index (χ3n) is 4.80. The maximum Gasteiger partial charge on any atom is 0.316 e. The highest BCUT2D eigenvalue weighted by atomic mass is 79.9. The van der Waals surface area contributed by atoms with Gasteiger partial charge >= 0.3 is 6.01 Å². The summed E-state index contributed by atoms with van der Waals surface area (Å²) in [5, 5.41) is 0. The number of nitrogens with zero attached hydrogens (tertiary/aromatic N) is 3. The Morgan fingerprint density at radius 1 is 1.23 bits per heavy atom. The Morgan fingerprint density at radius 3 is 2.81 bits per heavy atom. The van der Waals surface area contributed by atoms with Crippen LogP contribution in [-0.4, -0.2) is 46.1 Å². The zero-order valence-corrected chi connectivity index (χ0v) is 15.9. The van der Waals surface area contributed by atoms with Gasteiger partial charge in [-0.15, -0.1) is 0 Å². The fourth-order valence-electron chi connectivity index (χ4n) is 3.45. The lowest BCUT2D eigenvalue weighted by atomic mass is 9.98. The third kappa shape index (κ3) is 3.88. The summed E-state index contributed by atoms with van der Waals surface area (Å²) >= 11 is 3.31. The minimum absolute atomic E-state index is 0.0459. The molecule has 1 aromatic heterocycles. The van der Waals surface area contributed by atoms with Crippen molar-refractivity contribution in [2.45, 2.75) is 38.1 Å². The van der Waals surface area contributed by atoms with E-state index in [4.69, 9.17) is 9.47 Å². The van der Waals surface area contributed by atoms with E-state index in [1.165, 1.54) is 11.1 Å². The number of hydrogen-bond donors (Lipinski definition) is 0. The van der Waals surface area contributed by atoms with Gasteiger partial charge in [0.05, 0.1) is 17.6 Å². The molecular weight excluding hydrogens is 398 g/mol. The average Bonchev–Trinajstić information content (AvgIpc) is 2.69. The molecule has 136 valence electrons. The number of fused-ring (bicyclic) bond motifs is 1. The van der Waals surface area contributed by atoms with E-state index in [9.17, 15) is 4.79 Å². The number of hydrogen-bond acceptors (Lipinski definition) is 5. The number of rotatable bonds is 3. The molecule has 2 aliphatic rings. The van der Waals surface area contributed by atoms with Gasteiger partial charge in [-0.1, -0.05) is 24.3 Å². The highest BCUT2D eigenvalue weighted by Crippen LogP contribution is 2.23. The van der Waals surface area contributed by atoms with Crippen molar-refractivity contribution in [3.63, 3.8) is 0 Å². The van der Waals surface area contributed by atoms with Crippen molar-refractivity contribution < 1.29 is 14.3 Å². The Hall–Kier alpha value is -1.99. The zero-order valence-electron chi connectivity index (χ0n) is 14.3. The number of carbonyl (C=O) groups excluding carboxylic acids is 1. The molecule has 0 bridgehead atoms. The maximum absolute atomic E-state index is 12.9. The topological polar surface area (TPSA) is 64.5 Å². The SMILES string of the molecule is O=C(C1Cc2ccccc2CO1)N1CCCC(Oc2ncc(Br)cn2)C1. The molecule has 0 spiro atoms. The van der Waals surface area contributed by atoms with Gasteiger partial charge in [0.2, 0.25) is 0 Å². The monoisotopic (exact) mass is 417 g/mol. The van der Waals surface area contributed by atoms with E-state index in [1.54, 1.807) is 12.4 Å². The second-order valence-corrected chi connectivity index (χ2v) is 7.54. The Kier molecular flexibility index (Phi) is 5.17. The van der Waals surface area contributed by atoms with Gasteiger partial charge in [-0.3, -0.25) is 4.79 Å².